The van der Waals surface area contributed by atoms with E-state index in [0.29, 0.717) is 0 Å². The van der Waals surface area contributed by atoms with Gasteiger partial charge in [-0.2, -0.15) is 0 Å². The number of fused-ring (bicyclic) bond motifs is 3. The van der Waals surface area contributed by atoms with E-state index in [1.165, 1.54) is 12.1 Å². The first kappa shape index (κ1) is 21.5. The van der Waals surface area contributed by atoms with Crippen LogP contribution in [0.25, 0.3) is 11.1 Å². The summed E-state index contributed by atoms with van der Waals surface area (Å²) in [5, 5.41) is 11.7. The molecule has 2 N–H and O–H groups in total. The van der Waals surface area contributed by atoms with Crippen molar-refractivity contribution < 1.29 is 28.2 Å². The molecule has 1 amide bonds. The van der Waals surface area contributed by atoms with Crippen LogP contribution in [0.15, 0.2) is 66.7 Å². The van der Waals surface area contributed by atoms with E-state index >= 15 is 0 Å². The predicted octanol–water partition coefficient (Wildman–Crippen LogP) is 4.89. The van der Waals surface area contributed by atoms with Crippen LogP contribution in [-0.4, -0.2) is 29.8 Å². The van der Waals surface area contributed by atoms with Crippen LogP contribution >= 0.6 is 0 Å². The van der Waals surface area contributed by atoms with Crippen LogP contribution in [0.2, 0.25) is 0 Å². The number of ether oxygens (including phenoxy) is 1. The van der Waals surface area contributed by atoms with E-state index in [0.717, 1.165) is 28.3 Å². The Morgan fingerprint density at radius 2 is 1.56 bits per heavy atom. The monoisotopic (exact) mass is 437 g/mol. The Hall–Kier alpha value is -3.74. The van der Waals surface area contributed by atoms with Gasteiger partial charge in [0.15, 0.2) is 11.6 Å². The summed E-state index contributed by atoms with van der Waals surface area (Å²) in [6, 6.07) is 18.1. The van der Waals surface area contributed by atoms with Crippen molar-refractivity contribution in [2.45, 2.75) is 24.8 Å². The molecule has 0 unspecified atom stereocenters. The smallest absolute Gasteiger partial charge is 0.407 e. The summed E-state index contributed by atoms with van der Waals surface area (Å²) in [5.74, 6) is -3.45. The predicted molar refractivity (Wildman–Crippen MR) is 114 cm³/mol. The third-order valence-electron chi connectivity index (χ3n) is 5.67. The molecule has 0 heterocycles. The number of aliphatic carboxylic acids is 1. The molecule has 0 radical (unpaired) electrons. The van der Waals surface area contributed by atoms with Crippen molar-refractivity contribution in [3.8, 4) is 11.1 Å². The average Bonchev–Trinajstić information content (AvgIpc) is 3.11. The molecule has 0 bridgehead atoms. The fourth-order valence-corrected chi connectivity index (χ4v) is 4.08. The van der Waals surface area contributed by atoms with Crippen LogP contribution in [0.4, 0.5) is 13.6 Å². The molecule has 1 atom stereocenters. The van der Waals surface area contributed by atoms with Gasteiger partial charge in [0.25, 0.3) is 0 Å². The molecule has 32 heavy (non-hydrogen) atoms. The van der Waals surface area contributed by atoms with Crippen LogP contribution in [0, 0.1) is 11.6 Å². The van der Waals surface area contributed by atoms with Gasteiger partial charge in [-0.15, -0.1) is 0 Å². The summed E-state index contributed by atoms with van der Waals surface area (Å²) < 4.78 is 32.5. The third-order valence-corrected chi connectivity index (χ3v) is 5.67. The number of carboxylic acids is 1. The number of amides is 1. The number of nitrogens with one attached hydrogen (secondary N) is 1. The van der Waals surface area contributed by atoms with E-state index in [1.54, 1.807) is 0 Å². The summed E-state index contributed by atoms with van der Waals surface area (Å²) in [5.41, 5.74) is 4.29. The molecule has 1 aliphatic carbocycles. The molecule has 4 rings (SSSR count). The van der Waals surface area contributed by atoms with Crippen LogP contribution in [0.1, 0.15) is 29.0 Å². The average molecular weight is 437 g/mol. The Kier molecular flexibility index (Phi) is 6.16. The highest BCUT2D eigenvalue weighted by atomic mass is 19.2. The van der Waals surface area contributed by atoms with Crippen molar-refractivity contribution >= 4 is 12.1 Å². The van der Waals surface area contributed by atoms with Gasteiger partial charge in [-0.1, -0.05) is 60.7 Å². The quantitative estimate of drug-likeness (QED) is 0.552. The Morgan fingerprint density at radius 3 is 2.19 bits per heavy atom. The number of benzene rings is 3. The first-order valence-corrected chi connectivity index (χ1v) is 10.2. The zero-order valence-corrected chi connectivity index (χ0v) is 17.1. The van der Waals surface area contributed by atoms with E-state index in [4.69, 9.17) is 4.74 Å². The number of halogens is 2. The molecule has 0 saturated carbocycles. The van der Waals surface area contributed by atoms with E-state index in [1.807, 2.05) is 48.5 Å². The number of hydrogen-bond donors (Lipinski definition) is 2. The first-order chi connectivity index (χ1) is 15.5. The van der Waals surface area contributed by atoms with Crippen molar-refractivity contribution in [1.82, 2.24) is 5.32 Å². The first-order valence-electron chi connectivity index (χ1n) is 10.2. The summed E-state index contributed by atoms with van der Waals surface area (Å²) in [4.78, 5) is 23.9. The minimum atomic E-state index is -1.30. The molecule has 164 valence electrons. The van der Waals surface area contributed by atoms with Gasteiger partial charge in [-0.25, -0.2) is 18.4 Å². The molecule has 7 heteroatoms. The van der Waals surface area contributed by atoms with Gasteiger partial charge in [0, 0.05) is 5.92 Å². The van der Waals surface area contributed by atoms with Gasteiger partial charge >= 0.3 is 12.1 Å². The van der Waals surface area contributed by atoms with Crippen molar-refractivity contribution in [2.24, 2.45) is 0 Å². The number of rotatable bonds is 7. The van der Waals surface area contributed by atoms with Crippen molar-refractivity contribution in [3.63, 3.8) is 0 Å². The number of alkyl carbamates (subject to hydrolysis) is 1. The Morgan fingerprint density at radius 1 is 0.938 bits per heavy atom. The fraction of sp³-hybridized carbons (Fsp3) is 0.200. The molecule has 5 nitrogen and oxygen atoms in total. The second-order valence-electron chi connectivity index (χ2n) is 7.61. The van der Waals surface area contributed by atoms with Crippen LogP contribution in [0.3, 0.4) is 0 Å². The Labute approximate surface area is 183 Å². The molecule has 1 aliphatic rings. The van der Waals surface area contributed by atoms with Crippen LogP contribution in [-0.2, 0) is 16.0 Å². The molecule has 3 aromatic carbocycles. The van der Waals surface area contributed by atoms with E-state index < -0.39 is 29.7 Å². The third kappa shape index (κ3) is 4.32. The molecular formula is C25H21F2NO4. The summed E-state index contributed by atoms with van der Waals surface area (Å²) in [6.45, 7) is 0.0464. The SMILES string of the molecule is O=C(N[C@@H](CCc1cccc(F)c1F)C(=O)O)OCC1c2ccccc2-c2ccccc21. The number of carboxylic acid groups (broad SMARTS) is 1. The highest BCUT2D eigenvalue weighted by Gasteiger charge is 2.29. The molecule has 0 aromatic heterocycles. The van der Waals surface area contributed by atoms with Gasteiger partial charge in [-0.3, -0.25) is 0 Å². The van der Waals surface area contributed by atoms with Gasteiger partial charge in [0.1, 0.15) is 12.6 Å². The van der Waals surface area contributed by atoms with E-state index in [-0.39, 0.29) is 30.9 Å². The number of hydrogen-bond acceptors (Lipinski definition) is 3. The van der Waals surface area contributed by atoms with E-state index in [2.05, 4.69) is 5.32 Å². The second kappa shape index (κ2) is 9.18. The van der Waals surface area contributed by atoms with Gasteiger partial charge in [0.05, 0.1) is 0 Å². The summed E-state index contributed by atoms with van der Waals surface area (Å²) in [6.07, 6.45) is -1.04. The van der Waals surface area contributed by atoms with Crippen LogP contribution in [0.5, 0.6) is 0 Å². The Bertz CT molecular complexity index is 1120. The van der Waals surface area contributed by atoms with Crippen molar-refractivity contribution in [1.29, 1.82) is 0 Å². The normalized spacial score (nSPS) is 13.2. The molecule has 3 aromatic rings. The topological polar surface area (TPSA) is 75.6 Å². The molecule has 0 spiro atoms. The number of carbonyl (C=O) groups excluding carboxylic acids is 1. The zero-order chi connectivity index (χ0) is 22.7. The zero-order valence-electron chi connectivity index (χ0n) is 17.1. The summed E-state index contributed by atoms with van der Waals surface area (Å²) in [7, 11) is 0. The molecule has 0 aliphatic heterocycles. The van der Waals surface area contributed by atoms with Crippen molar-refractivity contribution in [3.05, 3.63) is 95.1 Å². The van der Waals surface area contributed by atoms with Gasteiger partial charge in [0.2, 0.25) is 0 Å². The molecule has 0 saturated heterocycles. The largest absolute Gasteiger partial charge is 0.480 e. The van der Waals surface area contributed by atoms with Crippen molar-refractivity contribution in [2.75, 3.05) is 6.61 Å². The lowest BCUT2D eigenvalue weighted by molar-refractivity contribution is -0.139. The highest BCUT2D eigenvalue weighted by Crippen LogP contribution is 2.44. The minimum Gasteiger partial charge on any atom is -0.480 e. The van der Waals surface area contributed by atoms with E-state index in [9.17, 15) is 23.5 Å². The fourth-order valence-electron chi connectivity index (χ4n) is 4.08. The van der Waals surface area contributed by atoms with Gasteiger partial charge < -0.3 is 15.2 Å². The summed E-state index contributed by atoms with van der Waals surface area (Å²) >= 11 is 0. The minimum absolute atomic E-state index is 0.0464. The number of aryl methyl sites for hydroxylation is 1. The standard InChI is InChI=1S/C25H21F2NO4/c26-21-11-5-6-15(23(21)27)12-13-22(24(29)30)28-25(31)32-14-20-18-9-3-1-7-16(18)17-8-2-4-10-19(17)20/h1-11,20,22H,12-14H2,(H,28,31)(H,29,30)/t22-/m0/s1. The maximum atomic E-state index is 13.8. The maximum absolute atomic E-state index is 13.8. The lowest BCUT2D eigenvalue weighted by Gasteiger charge is -2.17. The Balaban J connectivity index is 1.39. The van der Waals surface area contributed by atoms with Crippen LogP contribution < -0.4 is 5.32 Å². The lowest BCUT2D eigenvalue weighted by atomic mass is 9.98. The molecule has 0 fully saturated rings. The maximum Gasteiger partial charge on any atom is 0.407 e. The lowest BCUT2D eigenvalue weighted by Crippen LogP contribution is -2.41. The second-order valence-corrected chi connectivity index (χ2v) is 7.61. The molecular weight excluding hydrogens is 416 g/mol. The highest BCUT2D eigenvalue weighted by molar-refractivity contribution is 5.81. The number of carbonyl (C=O) groups is 2. The van der Waals surface area contributed by atoms with Gasteiger partial charge in [-0.05, 0) is 46.7 Å².